The van der Waals surface area contributed by atoms with Gasteiger partial charge in [0.25, 0.3) is 6.71 Å². The molecule has 0 saturated carbocycles. The van der Waals surface area contributed by atoms with Crippen LogP contribution in [0.2, 0.25) is 0 Å². The molecule has 0 bridgehead atoms. The second-order valence-corrected chi connectivity index (χ2v) is 35.8. The van der Waals surface area contributed by atoms with Crippen molar-refractivity contribution in [3.05, 3.63) is 331 Å². The van der Waals surface area contributed by atoms with E-state index in [-0.39, 0.29) is 33.8 Å². The summed E-state index contributed by atoms with van der Waals surface area (Å²) < 4.78 is 5.12. The SMILES string of the molecule is CC(C)(C)c1ccc(-c2cc3c4c(c2)N(c2c(-c5ccccc5)cccc2-c2ccccc2)c2cc(-n5c6ccc(C(C)(C)C)cc6c6cc(C(C)(C)C)ccc65)ccc2B4c2ccc(-n4c5ccc(C(C)(C)C)cc5c5cc(C(C)(C)C)ccc54)cc2N3c2c(-c3ccccc3)cccc2-c2ccccc2)cc1. The molecule has 109 heavy (non-hydrogen) atoms. The van der Waals surface area contributed by atoms with Crippen molar-refractivity contribution in [2.75, 3.05) is 9.80 Å². The van der Waals surface area contributed by atoms with E-state index < -0.39 is 0 Å². The Labute approximate surface area is 644 Å². The maximum atomic E-state index is 2.71. The molecule has 0 unspecified atom stereocenters. The van der Waals surface area contributed by atoms with Gasteiger partial charge in [-0.3, -0.25) is 0 Å². The van der Waals surface area contributed by atoms with Crippen molar-refractivity contribution in [1.29, 1.82) is 0 Å². The van der Waals surface area contributed by atoms with E-state index in [1.807, 2.05) is 0 Å². The van der Waals surface area contributed by atoms with Gasteiger partial charge in [-0.05, 0) is 190 Å². The van der Waals surface area contributed by atoms with Crippen LogP contribution < -0.4 is 26.2 Å². The molecular formula is C104H95BN4. The first-order chi connectivity index (χ1) is 52.2. The van der Waals surface area contributed by atoms with Crippen molar-refractivity contribution < 1.29 is 0 Å². The van der Waals surface area contributed by atoms with Crippen LogP contribution in [-0.4, -0.2) is 15.8 Å². The highest BCUT2D eigenvalue weighted by Crippen LogP contribution is 2.55. The van der Waals surface area contributed by atoms with Crippen molar-refractivity contribution in [1.82, 2.24) is 9.13 Å². The molecular weight excluding hydrogens is 1320 g/mol. The van der Waals surface area contributed by atoms with Gasteiger partial charge in [-0.15, -0.1) is 0 Å². The van der Waals surface area contributed by atoms with Gasteiger partial charge in [0.2, 0.25) is 0 Å². The Morgan fingerprint density at radius 3 is 0.789 bits per heavy atom. The van der Waals surface area contributed by atoms with Crippen LogP contribution in [0.3, 0.4) is 0 Å². The minimum atomic E-state index is -0.264. The number of hydrogen-bond donors (Lipinski definition) is 0. The first-order valence-electron chi connectivity index (χ1n) is 39.1. The zero-order chi connectivity index (χ0) is 75.4. The van der Waals surface area contributed by atoms with Gasteiger partial charge < -0.3 is 18.9 Å². The van der Waals surface area contributed by atoms with Gasteiger partial charge >= 0.3 is 0 Å². The zero-order valence-electron chi connectivity index (χ0n) is 65.7. The Hall–Kier alpha value is -11.7. The maximum absolute atomic E-state index is 2.71. The first kappa shape index (κ1) is 69.1. The Bertz CT molecular complexity index is 5670. The summed E-state index contributed by atoms with van der Waals surface area (Å²) in [4.78, 5) is 5.42. The second kappa shape index (κ2) is 25.5. The number of hydrogen-bond acceptors (Lipinski definition) is 2. The number of para-hydroxylation sites is 2. The quantitative estimate of drug-likeness (QED) is 0.134. The van der Waals surface area contributed by atoms with Crippen molar-refractivity contribution in [3.63, 3.8) is 0 Å². The van der Waals surface area contributed by atoms with E-state index in [0.717, 1.165) is 101 Å². The van der Waals surface area contributed by atoms with E-state index in [1.165, 1.54) is 87.8 Å². The van der Waals surface area contributed by atoms with Crippen molar-refractivity contribution in [3.8, 4) is 67.0 Å². The van der Waals surface area contributed by atoms with Crippen molar-refractivity contribution >= 4 is 101 Å². The fourth-order valence-corrected chi connectivity index (χ4v) is 17.5. The van der Waals surface area contributed by atoms with Crippen LogP contribution in [0.25, 0.3) is 111 Å². The van der Waals surface area contributed by atoms with Crippen LogP contribution in [0.5, 0.6) is 0 Å². The average Bonchev–Trinajstić information content (AvgIpc) is 0.927. The third-order valence-corrected chi connectivity index (χ3v) is 23.5. The molecule has 4 heterocycles. The molecule has 0 fully saturated rings. The predicted molar refractivity (Wildman–Crippen MR) is 470 cm³/mol. The van der Waals surface area contributed by atoms with Gasteiger partial charge in [0.05, 0.1) is 33.4 Å². The fourth-order valence-electron chi connectivity index (χ4n) is 17.5. The summed E-state index contributed by atoms with van der Waals surface area (Å²) in [6.45, 7) is 34.7. The lowest BCUT2D eigenvalue weighted by atomic mass is 9.33. The van der Waals surface area contributed by atoms with Crippen LogP contribution in [0.4, 0.5) is 34.1 Å². The Morgan fingerprint density at radius 1 is 0.220 bits per heavy atom. The second-order valence-electron chi connectivity index (χ2n) is 35.8. The molecule has 0 radical (unpaired) electrons. The van der Waals surface area contributed by atoms with Gasteiger partial charge in [0.1, 0.15) is 0 Å². The lowest BCUT2D eigenvalue weighted by Crippen LogP contribution is -2.61. The Balaban J connectivity index is 1.02. The van der Waals surface area contributed by atoms with E-state index in [2.05, 4.69) is 426 Å². The summed E-state index contributed by atoms with van der Waals surface area (Å²) >= 11 is 0. The third kappa shape index (κ3) is 11.7. The van der Waals surface area contributed by atoms with Gasteiger partial charge in [-0.2, -0.15) is 0 Å². The van der Waals surface area contributed by atoms with E-state index >= 15 is 0 Å². The van der Waals surface area contributed by atoms with Crippen molar-refractivity contribution in [2.45, 2.75) is 131 Å². The number of rotatable bonds is 9. The molecule has 18 rings (SSSR count). The summed E-state index contributed by atoms with van der Waals surface area (Å²) in [5.74, 6) is 0. The monoisotopic (exact) mass is 1410 g/mol. The van der Waals surface area contributed by atoms with Crippen LogP contribution >= 0.6 is 0 Å². The first-order valence-corrected chi connectivity index (χ1v) is 39.1. The summed E-state index contributed by atoms with van der Waals surface area (Å²) in [6, 6.07) is 117. The molecule has 0 amide bonds. The van der Waals surface area contributed by atoms with Crippen LogP contribution in [0.1, 0.15) is 132 Å². The standard InChI is InChI=1S/C104H95BN4/c1-100(2,3)72-44-42-66(43-45-72)71-58-95-97-96(59-71)109(99-81(69-34-24-18-25-35-69)40-29-41-82(99)70-36-26-19-27-37-70)94-65-78(107-91-56-48-75(103(10,11)12)62-85(91)86-63-76(104(13,14)15)49-57-92(86)107)51-53-88(94)105(97)87-52-50-77(106-89-54-46-73(101(4,5)6)60-83(89)84-61-74(102(7,8)9)47-55-90(84)106)64-93(87)108(95)98-79(67-30-20-16-21-31-67)38-28-39-80(98)68-32-22-17-23-33-68/h16-65H,1-15H3. The molecule has 0 aliphatic carbocycles. The number of aromatic nitrogens is 2. The minimum Gasteiger partial charge on any atom is -0.310 e. The third-order valence-electron chi connectivity index (χ3n) is 23.5. The number of anilines is 6. The Morgan fingerprint density at radius 2 is 0.505 bits per heavy atom. The van der Waals surface area contributed by atoms with Crippen LogP contribution in [-0.2, 0) is 27.1 Å². The highest BCUT2D eigenvalue weighted by Gasteiger charge is 2.46. The zero-order valence-corrected chi connectivity index (χ0v) is 65.7. The lowest BCUT2D eigenvalue weighted by Gasteiger charge is -2.46. The molecule has 0 atom stereocenters. The summed E-state index contributed by atoms with van der Waals surface area (Å²) in [7, 11) is 0. The molecule has 16 aromatic rings. The predicted octanol–water partition coefficient (Wildman–Crippen LogP) is 26.8. The number of nitrogens with zero attached hydrogens (tertiary/aromatic N) is 4. The number of fused-ring (bicyclic) bond motifs is 10. The fraction of sp³-hybridized carbons (Fsp3) is 0.192. The van der Waals surface area contributed by atoms with E-state index in [4.69, 9.17) is 0 Å². The molecule has 5 heteroatoms. The largest absolute Gasteiger partial charge is 0.310 e. The summed E-state index contributed by atoms with van der Waals surface area (Å²) in [5, 5.41) is 5.04. The van der Waals surface area contributed by atoms with E-state index in [1.54, 1.807) is 0 Å². The number of benzene rings is 14. The van der Waals surface area contributed by atoms with Gasteiger partial charge in [-0.25, -0.2) is 0 Å². The molecule has 4 nitrogen and oxygen atoms in total. The molecule has 2 aliphatic rings. The van der Waals surface area contributed by atoms with Gasteiger partial charge in [0.15, 0.2) is 0 Å². The molecule has 534 valence electrons. The lowest BCUT2D eigenvalue weighted by molar-refractivity contribution is 0.590. The Kier molecular flexibility index (Phi) is 16.2. The van der Waals surface area contributed by atoms with Gasteiger partial charge in [-0.1, -0.05) is 322 Å². The van der Waals surface area contributed by atoms with E-state index in [9.17, 15) is 0 Å². The van der Waals surface area contributed by atoms with Crippen LogP contribution in [0.15, 0.2) is 303 Å². The topological polar surface area (TPSA) is 16.3 Å². The molecule has 2 aromatic heterocycles. The molecule has 0 spiro atoms. The normalized spacial score (nSPS) is 13.2. The highest BCUT2D eigenvalue weighted by atomic mass is 15.2. The smallest absolute Gasteiger partial charge is 0.252 e. The minimum absolute atomic E-state index is 0.0612. The molecule has 0 N–H and O–H groups in total. The average molecular weight is 1410 g/mol. The molecule has 14 aromatic carbocycles. The van der Waals surface area contributed by atoms with Gasteiger partial charge in [0, 0.05) is 77.9 Å². The van der Waals surface area contributed by atoms with Crippen molar-refractivity contribution in [2.24, 2.45) is 0 Å². The summed E-state index contributed by atoms with van der Waals surface area (Å²) in [6.07, 6.45) is 0. The molecule has 2 aliphatic heterocycles. The van der Waals surface area contributed by atoms with E-state index in [0.29, 0.717) is 0 Å². The summed E-state index contributed by atoms with van der Waals surface area (Å²) in [5.41, 5.74) is 35.0. The molecule has 0 saturated heterocycles. The van der Waals surface area contributed by atoms with Crippen LogP contribution in [0, 0.1) is 0 Å². The highest BCUT2D eigenvalue weighted by molar-refractivity contribution is 7.00. The maximum Gasteiger partial charge on any atom is 0.252 e.